The lowest BCUT2D eigenvalue weighted by molar-refractivity contribution is -0.389. The van der Waals surface area contributed by atoms with Gasteiger partial charge in [0, 0.05) is 17.1 Å². The zero-order valence-corrected chi connectivity index (χ0v) is 10.0. The molecule has 0 amide bonds. The Morgan fingerprint density at radius 3 is 2.59 bits per heavy atom. The molecule has 1 aromatic heterocycles. The van der Waals surface area contributed by atoms with Crippen molar-refractivity contribution < 1.29 is 22.8 Å². The van der Waals surface area contributed by atoms with Crippen molar-refractivity contribution >= 4 is 21.6 Å². The summed E-state index contributed by atoms with van der Waals surface area (Å²) in [5.41, 5.74) is -0.960. The van der Waals surface area contributed by atoms with Gasteiger partial charge in [-0.3, -0.25) is 15.1 Å². The van der Waals surface area contributed by atoms with Gasteiger partial charge >= 0.3 is 12.0 Å². The summed E-state index contributed by atoms with van der Waals surface area (Å²) in [6.07, 6.45) is -3.90. The lowest BCUT2D eigenvalue weighted by Gasteiger charge is -2.12. The summed E-state index contributed by atoms with van der Waals surface area (Å²) in [6, 6.07) is 0. The molecule has 9 heteroatoms. The molecule has 1 heterocycles. The topological polar surface area (TPSA) is 65.3 Å². The first-order chi connectivity index (χ1) is 7.76. The highest BCUT2D eigenvalue weighted by Gasteiger charge is 2.36. The van der Waals surface area contributed by atoms with Crippen molar-refractivity contribution in [3.8, 4) is 5.75 Å². The largest absolute Gasteiger partial charge is 0.573 e. The Kier molecular flexibility index (Phi) is 3.91. The fraction of sp³-hybridized carbons (Fsp3) is 0.375. The zero-order chi connectivity index (χ0) is 13.2. The minimum atomic E-state index is -4.99. The minimum Gasteiger partial charge on any atom is -0.398 e. The number of aromatic nitrogens is 1. The van der Waals surface area contributed by atoms with E-state index in [0.29, 0.717) is 0 Å². The molecule has 0 fully saturated rings. The van der Waals surface area contributed by atoms with E-state index < -0.39 is 22.7 Å². The van der Waals surface area contributed by atoms with Crippen LogP contribution in [0.3, 0.4) is 0 Å². The van der Waals surface area contributed by atoms with Gasteiger partial charge in [0.05, 0.1) is 4.92 Å². The number of nitrogens with zero attached hydrogens (tertiary/aromatic N) is 2. The number of rotatable bonds is 3. The van der Waals surface area contributed by atoms with Gasteiger partial charge < -0.3 is 4.74 Å². The van der Waals surface area contributed by atoms with Crippen molar-refractivity contribution in [3.05, 3.63) is 27.6 Å². The maximum Gasteiger partial charge on any atom is 0.573 e. The van der Waals surface area contributed by atoms with Crippen LogP contribution < -0.4 is 4.74 Å². The Labute approximate surface area is 102 Å². The second kappa shape index (κ2) is 4.86. The van der Waals surface area contributed by atoms with Crippen molar-refractivity contribution in [2.75, 3.05) is 0 Å². The molecule has 0 atom stereocenters. The molecule has 0 unspecified atom stereocenters. The normalized spacial score (nSPS) is 11.4. The van der Waals surface area contributed by atoms with E-state index in [1.807, 2.05) is 0 Å². The molecule has 1 aromatic rings. The molecule has 5 nitrogen and oxygen atoms in total. The van der Waals surface area contributed by atoms with Gasteiger partial charge in [0.1, 0.15) is 5.69 Å². The van der Waals surface area contributed by atoms with Gasteiger partial charge in [0.2, 0.25) is 5.75 Å². The molecule has 17 heavy (non-hydrogen) atoms. The summed E-state index contributed by atoms with van der Waals surface area (Å²) >= 11 is 2.91. The maximum atomic E-state index is 12.2. The molecule has 0 bridgehead atoms. The molecule has 0 saturated carbocycles. The van der Waals surface area contributed by atoms with Gasteiger partial charge in [-0.25, -0.2) is 0 Å². The Balaban J connectivity index is 3.40. The van der Waals surface area contributed by atoms with Crippen molar-refractivity contribution in [3.63, 3.8) is 0 Å². The number of alkyl halides is 4. The Morgan fingerprint density at radius 1 is 1.59 bits per heavy atom. The summed E-state index contributed by atoms with van der Waals surface area (Å²) in [5, 5.41) is 10.7. The molecule has 0 aliphatic carbocycles. The van der Waals surface area contributed by atoms with Crippen molar-refractivity contribution in [1.82, 2.24) is 4.98 Å². The molecule has 0 saturated heterocycles. The maximum absolute atomic E-state index is 12.2. The average Bonchev–Trinajstić information content (AvgIpc) is 2.15. The molecule has 0 spiro atoms. The van der Waals surface area contributed by atoms with Crippen LogP contribution in [-0.4, -0.2) is 16.3 Å². The molecule has 0 N–H and O–H groups in total. The first-order valence-electron chi connectivity index (χ1n) is 4.21. The van der Waals surface area contributed by atoms with E-state index in [2.05, 4.69) is 25.7 Å². The van der Waals surface area contributed by atoms with Crippen LogP contribution in [0.4, 0.5) is 18.9 Å². The van der Waals surface area contributed by atoms with E-state index in [1.54, 1.807) is 0 Å². The first-order valence-corrected chi connectivity index (χ1v) is 5.33. The average molecular weight is 315 g/mol. The number of ether oxygens (including phenoxy) is 1. The van der Waals surface area contributed by atoms with Gasteiger partial charge in [-0.1, -0.05) is 15.9 Å². The van der Waals surface area contributed by atoms with Gasteiger partial charge in [-0.15, -0.1) is 13.2 Å². The fourth-order valence-corrected chi connectivity index (χ4v) is 1.55. The highest BCUT2D eigenvalue weighted by atomic mass is 79.9. The lowest BCUT2D eigenvalue weighted by Crippen LogP contribution is -2.19. The number of hydrogen-bond donors (Lipinski definition) is 0. The molecule has 0 radical (unpaired) electrons. The third kappa shape index (κ3) is 3.29. The quantitative estimate of drug-likeness (QED) is 0.488. The molecule has 0 aromatic carbocycles. The van der Waals surface area contributed by atoms with Crippen molar-refractivity contribution in [1.29, 1.82) is 0 Å². The third-order valence-electron chi connectivity index (χ3n) is 1.81. The first kappa shape index (κ1) is 13.7. The fourth-order valence-electron chi connectivity index (χ4n) is 1.15. The van der Waals surface area contributed by atoms with E-state index >= 15 is 0 Å². The number of nitro groups is 1. The van der Waals surface area contributed by atoms with Crippen LogP contribution in [0.2, 0.25) is 0 Å². The van der Waals surface area contributed by atoms with Crippen LogP contribution in [-0.2, 0) is 5.33 Å². The third-order valence-corrected chi connectivity index (χ3v) is 2.41. The monoisotopic (exact) mass is 314 g/mol. The molecule has 94 valence electrons. The highest BCUT2D eigenvalue weighted by Crippen LogP contribution is 2.37. The van der Waals surface area contributed by atoms with E-state index in [0.717, 1.165) is 6.20 Å². The number of pyridine rings is 1. The molecular weight excluding hydrogens is 309 g/mol. The summed E-state index contributed by atoms with van der Waals surface area (Å²) in [4.78, 5) is 13.4. The number of hydrogen-bond acceptors (Lipinski definition) is 4. The summed E-state index contributed by atoms with van der Waals surface area (Å²) < 4.78 is 40.1. The second-order valence-corrected chi connectivity index (χ2v) is 3.55. The SMILES string of the molecule is Cc1ncc(CBr)c(OC(F)(F)F)c1[N+](=O)[O-]. The van der Waals surface area contributed by atoms with E-state index in [-0.39, 0.29) is 16.6 Å². The molecular formula is C8H6BrF3N2O3. The van der Waals surface area contributed by atoms with Crippen LogP contribution in [0.25, 0.3) is 0 Å². The van der Waals surface area contributed by atoms with Crippen molar-refractivity contribution in [2.45, 2.75) is 18.6 Å². The summed E-state index contributed by atoms with van der Waals surface area (Å²) in [6.45, 7) is 1.24. The Hall–Kier alpha value is -1.38. The number of halogens is 4. The minimum absolute atomic E-state index is 0.0352. The lowest BCUT2D eigenvalue weighted by atomic mass is 10.2. The van der Waals surface area contributed by atoms with Gasteiger partial charge in [0.25, 0.3) is 0 Å². The molecule has 0 aliphatic heterocycles. The van der Waals surface area contributed by atoms with E-state index in [1.165, 1.54) is 6.92 Å². The van der Waals surface area contributed by atoms with Gasteiger partial charge in [-0.2, -0.15) is 0 Å². The van der Waals surface area contributed by atoms with Crippen LogP contribution >= 0.6 is 15.9 Å². The van der Waals surface area contributed by atoms with Crippen LogP contribution in [0.5, 0.6) is 5.75 Å². The summed E-state index contributed by atoms with van der Waals surface area (Å²) in [7, 11) is 0. The number of aryl methyl sites for hydroxylation is 1. The van der Waals surface area contributed by atoms with Gasteiger partial charge in [0.15, 0.2) is 0 Å². The predicted octanol–water partition coefficient (Wildman–Crippen LogP) is 3.09. The van der Waals surface area contributed by atoms with Gasteiger partial charge in [-0.05, 0) is 6.92 Å². The van der Waals surface area contributed by atoms with Crippen molar-refractivity contribution in [2.24, 2.45) is 0 Å². The van der Waals surface area contributed by atoms with Crippen LogP contribution in [0.1, 0.15) is 11.3 Å². The highest BCUT2D eigenvalue weighted by molar-refractivity contribution is 9.08. The zero-order valence-electron chi connectivity index (χ0n) is 8.42. The second-order valence-electron chi connectivity index (χ2n) is 2.99. The standard InChI is InChI=1S/C8H6BrF3N2O3/c1-4-6(14(15)16)7(17-8(10,11)12)5(2-9)3-13-4/h3H,2H2,1H3. The Bertz CT molecular complexity index is 450. The smallest absolute Gasteiger partial charge is 0.398 e. The van der Waals surface area contributed by atoms with Crippen LogP contribution in [0, 0.1) is 17.0 Å². The summed E-state index contributed by atoms with van der Waals surface area (Å²) in [5.74, 6) is -0.827. The van der Waals surface area contributed by atoms with E-state index in [9.17, 15) is 23.3 Å². The molecule has 1 rings (SSSR count). The predicted molar refractivity (Wildman–Crippen MR) is 54.9 cm³/mol. The van der Waals surface area contributed by atoms with Crippen LogP contribution in [0.15, 0.2) is 6.20 Å². The molecule has 0 aliphatic rings. The van der Waals surface area contributed by atoms with E-state index in [4.69, 9.17) is 0 Å². The Morgan fingerprint density at radius 2 is 2.18 bits per heavy atom.